The maximum absolute atomic E-state index is 13.6. The van der Waals surface area contributed by atoms with Gasteiger partial charge in [-0.1, -0.05) is 49.4 Å². The lowest BCUT2D eigenvalue weighted by Crippen LogP contribution is -2.24. The number of carbonyl (C=O) groups is 1. The minimum absolute atomic E-state index is 0.203. The van der Waals surface area contributed by atoms with Gasteiger partial charge in [0, 0.05) is 5.92 Å². The van der Waals surface area contributed by atoms with Crippen molar-refractivity contribution in [3.8, 4) is 0 Å². The molecule has 0 aliphatic rings. The minimum Gasteiger partial charge on any atom is -0.464 e. The predicted molar refractivity (Wildman–Crippen MR) is 66.2 cm³/mol. The van der Waals surface area contributed by atoms with Crippen molar-refractivity contribution in [1.29, 1.82) is 0 Å². The van der Waals surface area contributed by atoms with E-state index in [1.165, 1.54) is 0 Å². The van der Waals surface area contributed by atoms with Gasteiger partial charge in [-0.3, -0.25) is 0 Å². The van der Waals surface area contributed by atoms with E-state index in [0.29, 0.717) is 0 Å². The van der Waals surface area contributed by atoms with E-state index in [2.05, 4.69) is 4.74 Å². The van der Waals surface area contributed by atoms with E-state index in [1.807, 2.05) is 30.3 Å². The smallest absolute Gasteiger partial charge is 0.341 e. The summed E-state index contributed by atoms with van der Waals surface area (Å²) in [5.74, 6) is -1.29. The third kappa shape index (κ3) is 4.39. The van der Waals surface area contributed by atoms with Crippen LogP contribution in [0.3, 0.4) is 0 Å². The number of ether oxygens (including phenoxy) is 1. The summed E-state index contributed by atoms with van der Waals surface area (Å²) in [7, 11) is 0. The molecule has 0 heterocycles. The van der Waals surface area contributed by atoms with Gasteiger partial charge in [0.15, 0.2) is 0 Å². The number of benzene rings is 1. The van der Waals surface area contributed by atoms with Gasteiger partial charge in [0.25, 0.3) is 0 Å². The molecule has 0 aliphatic carbocycles. The van der Waals surface area contributed by atoms with Crippen LogP contribution >= 0.6 is 0 Å². The number of halogens is 1. The number of allylic oxidation sites excluding steroid dienone is 1. The second-order valence-electron chi connectivity index (χ2n) is 3.78. The highest BCUT2D eigenvalue weighted by atomic mass is 19.1. The first-order valence-corrected chi connectivity index (χ1v) is 5.69. The van der Waals surface area contributed by atoms with E-state index < -0.39 is 18.1 Å². The predicted octanol–water partition coefficient (Wildman–Crippen LogP) is 3.24. The fraction of sp³-hybridized carbons (Fsp3) is 0.357. The summed E-state index contributed by atoms with van der Waals surface area (Å²) in [6.07, 6.45) is 1.88. The zero-order valence-corrected chi connectivity index (χ0v) is 10.1. The zero-order valence-electron chi connectivity index (χ0n) is 10.1. The maximum atomic E-state index is 13.6. The van der Waals surface area contributed by atoms with Crippen LogP contribution in [0.2, 0.25) is 0 Å². The molecule has 0 bridgehead atoms. The van der Waals surface area contributed by atoms with Crippen molar-refractivity contribution >= 4 is 12.0 Å². The molecule has 92 valence electrons. The summed E-state index contributed by atoms with van der Waals surface area (Å²) in [5, 5.41) is 0. The third-order valence-electron chi connectivity index (χ3n) is 2.37. The standard InChI is InChI=1S/C14H17FO2/c1-3-17-14(16)13(15)11(2)9-10-12-7-5-4-6-8-12/h4-11,13H,3H2,1-2H3/b10-9+/t11-,13-/m1/s1. The highest BCUT2D eigenvalue weighted by molar-refractivity contribution is 5.75. The van der Waals surface area contributed by atoms with Crippen molar-refractivity contribution < 1.29 is 13.9 Å². The molecular weight excluding hydrogens is 219 g/mol. The van der Waals surface area contributed by atoms with Crippen molar-refractivity contribution in [3.05, 3.63) is 42.0 Å². The van der Waals surface area contributed by atoms with E-state index in [0.717, 1.165) is 5.56 Å². The normalized spacial score (nSPS) is 14.5. The van der Waals surface area contributed by atoms with E-state index in [4.69, 9.17) is 0 Å². The van der Waals surface area contributed by atoms with Crippen LogP contribution in [-0.4, -0.2) is 18.7 Å². The van der Waals surface area contributed by atoms with Crippen molar-refractivity contribution in [2.75, 3.05) is 6.61 Å². The van der Waals surface area contributed by atoms with Crippen LogP contribution in [0.25, 0.3) is 6.08 Å². The van der Waals surface area contributed by atoms with E-state index in [-0.39, 0.29) is 6.61 Å². The summed E-state index contributed by atoms with van der Waals surface area (Å²) in [4.78, 5) is 11.2. The molecule has 0 aliphatic heterocycles. The second kappa shape index (κ2) is 6.84. The molecule has 1 rings (SSSR count). The zero-order chi connectivity index (χ0) is 12.7. The summed E-state index contributed by atoms with van der Waals surface area (Å²) in [6, 6.07) is 9.56. The summed E-state index contributed by atoms with van der Waals surface area (Å²) in [5.41, 5.74) is 0.982. The lowest BCUT2D eigenvalue weighted by molar-refractivity contribution is -0.150. The fourth-order valence-electron chi connectivity index (χ4n) is 1.36. The molecule has 0 radical (unpaired) electrons. The van der Waals surface area contributed by atoms with Crippen LogP contribution in [0, 0.1) is 5.92 Å². The Bertz CT molecular complexity index is 373. The Labute approximate surface area is 101 Å². The van der Waals surface area contributed by atoms with Crippen molar-refractivity contribution in [2.24, 2.45) is 5.92 Å². The van der Waals surface area contributed by atoms with Gasteiger partial charge >= 0.3 is 5.97 Å². The van der Waals surface area contributed by atoms with Gasteiger partial charge in [-0.05, 0) is 12.5 Å². The minimum atomic E-state index is -1.60. The van der Waals surface area contributed by atoms with Gasteiger partial charge in [-0.15, -0.1) is 0 Å². The number of hydrogen-bond donors (Lipinski definition) is 0. The average Bonchev–Trinajstić information content (AvgIpc) is 2.36. The highest BCUT2D eigenvalue weighted by Gasteiger charge is 2.23. The number of rotatable bonds is 5. The summed E-state index contributed by atoms with van der Waals surface area (Å²) >= 11 is 0. The van der Waals surface area contributed by atoms with Gasteiger partial charge in [0.05, 0.1) is 6.61 Å². The van der Waals surface area contributed by atoms with Crippen LogP contribution < -0.4 is 0 Å². The Morgan fingerprint density at radius 1 is 1.41 bits per heavy atom. The molecule has 2 nitrogen and oxygen atoms in total. The molecule has 1 aromatic rings. The fourth-order valence-corrected chi connectivity index (χ4v) is 1.36. The van der Waals surface area contributed by atoms with E-state index in [9.17, 15) is 9.18 Å². The largest absolute Gasteiger partial charge is 0.464 e. The van der Waals surface area contributed by atoms with Crippen LogP contribution in [0.5, 0.6) is 0 Å². The summed E-state index contributed by atoms with van der Waals surface area (Å²) in [6.45, 7) is 3.52. The molecule has 0 saturated carbocycles. The van der Waals surface area contributed by atoms with Crippen LogP contribution in [0.4, 0.5) is 4.39 Å². The molecule has 1 aromatic carbocycles. The van der Waals surface area contributed by atoms with Gasteiger partial charge in [-0.2, -0.15) is 0 Å². The Morgan fingerprint density at radius 3 is 2.65 bits per heavy atom. The van der Waals surface area contributed by atoms with E-state index >= 15 is 0 Å². The first-order chi connectivity index (χ1) is 8.15. The monoisotopic (exact) mass is 236 g/mol. The lowest BCUT2D eigenvalue weighted by Gasteiger charge is -2.11. The molecule has 0 spiro atoms. The number of esters is 1. The SMILES string of the molecule is CCOC(=O)[C@H](F)[C@H](C)/C=C/c1ccccc1. The molecule has 2 atom stereocenters. The lowest BCUT2D eigenvalue weighted by atomic mass is 10.0. The second-order valence-corrected chi connectivity index (χ2v) is 3.78. The van der Waals surface area contributed by atoms with Crippen LogP contribution in [0.1, 0.15) is 19.4 Å². The molecule has 0 unspecified atom stereocenters. The molecule has 0 N–H and O–H groups in total. The quantitative estimate of drug-likeness (QED) is 0.734. The Balaban J connectivity index is 2.57. The first-order valence-electron chi connectivity index (χ1n) is 5.69. The topological polar surface area (TPSA) is 26.3 Å². The molecule has 0 fully saturated rings. The van der Waals surface area contributed by atoms with Gasteiger partial charge in [0.1, 0.15) is 0 Å². The number of hydrogen-bond acceptors (Lipinski definition) is 2. The highest BCUT2D eigenvalue weighted by Crippen LogP contribution is 2.13. The van der Waals surface area contributed by atoms with Crippen LogP contribution in [0.15, 0.2) is 36.4 Å². The van der Waals surface area contributed by atoms with Crippen molar-refractivity contribution in [2.45, 2.75) is 20.0 Å². The van der Waals surface area contributed by atoms with Gasteiger partial charge in [0.2, 0.25) is 6.17 Å². The number of alkyl halides is 1. The van der Waals surface area contributed by atoms with Gasteiger partial charge < -0.3 is 4.74 Å². The number of carbonyl (C=O) groups excluding carboxylic acids is 1. The Hall–Kier alpha value is -1.64. The van der Waals surface area contributed by atoms with Crippen LogP contribution in [-0.2, 0) is 9.53 Å². The molecule has 0 amide bonds. The van der Waals surface area contributed by atoms with E-state index in [1.54, 1.807) is 26.0 Å². The third-order valence-corrected chi connectivity index (χ3v) is 2.37. The molecule has 3 heteroatoms. The maximum Gasteiger partial charge on any atom is 0.341 e. The molecular formula is C14H17FO2. The molecule has 0 aromatic heterocycles. The molecule has 0 saturated heterocycles. The van der Waals surface area contributed by atoms with Crippen molar-refractivity contribution in [1.82, 2.24) is 0 Å². The summed E-state index contributed by atoms with van der Waals surface area (Å²) < 4.78 is 18.2. The van der Waals surface area contributed by atoms with Crippen molar-refractivity contribution in [3.63, 3.8) is 0 Å². The average molecular weight is 236 g/mol. The Morgan fingerprint density at radius 2 is 2.06 bits per heavy atom. The Kier molecular flexibility index (Phi) is 5.40. The first kappa shape index (κ1) is 13.4. The van der Waals surface area contributed by atoms with Gasteiger partial charge in [-0.25, -0.2) is 9.18 Å². The molecule has 17 heavy (non-hydrogen) atoms.